The summed E-state index contributed by atoms with van der Waals surface area (Å²) < 4.78 is 5.64. The van der Waals surface area contributed by atoms with E-state index >= 15 is 0 Å². The van der Waals surface area contributed by atoms with Crippen LogP contribution in [0.1, 0.15) is 20.3 Å². The summed E-state index contributed by atoms with van der Waals surface area (Å²) in [7, 11) is 0. The molecule has 1 saturated heterocycles. The lowest BCUT2D eigenvalue weighted by Gasteiger charge is -2.37. The van der Waals surface area contributed by atoms with Crippen LogP contribution in [0.15, 0.2) is 24.3 Å². The van der Waals surface area contributed by atoms with Gasteiger partial charge in [0.15, 0.2) is 0 Å². The van der Waals surface area contributed by atoms with Gasteiger partial charge in [0.2, 0.25) is 5.91 Å². The van der Waals surface area contributed by atoms with Crippen molar-refractivity contribution >= 4 is 17.3 Å². The molecular formula is C15H23N3O2. The van der Waals surface area contributed by atoms with Crippen LogP contribution >= 0.6 is 0 Å². The second-order valence-corrected chi connectivity index (χ2v) is 5.31. The van der Waals surface area contributed by atoms with Gasteiger partial charge in [-0.1, -0.05) is 6.92 Å². The summed E-state index contributed by atoms with van der Waals surface area (Å²) in [4.78, 5) is 14.3. The standard InChI is InChI=1S/C15H23N3O2/c1-3-14-10-20-11(2)8-18(14)9-15(19)17-13-6-4-12(16)5-7-13/h4-7,11,14H,3,8-10,16H2,1-2H3,(H,17,19). The fourth-order valence-electron chi connectivity index (χ4n) is 2.43. The average Bonchev–Trinajstić information content (AvgIpc) is 2.41. The third-order valence-corrected chi connectivity index (χ3v) is 3.59. The molecule has 0 aromatic heterocycles. The van der Waals surface area contributed by atoms with E-state index in [0.717, 1.165) is 18.7 Å². The lowest BCUT2D eigenvalue weighted by molar-refractivity contribution is -0.121. The molecule has 3 N–H and O–H groups in total. The molecule has 1 amide bonds. The molecule has 0 spiro atoms. The van der Waals surface area contributed by atoms with E-state index < -0.39 is 0 Å². The smallest absolute Gasteiger partial charge is 0.238 e. The summed E-state index contributed by atoms with van der Waals surface area (Å²) >= 11 is 0. The van der Waals surface area contributed by atoms with Gasteiger partial charge in [-0.25, -0.2) is 0 Å². The van der Waals surface area contributed by atoms with E-state index in [1.165, 1.54) is 0 Å². The van der Waals surface area contributed by atoms with Gasteiger partial charge in [0.1, 0.15) is 0 Å². The van der Waals surface area contributed by atoms with Gasteiger partial charge < -0.3 is 15.8 Å². The van der Waals surface area contributed by atoms with Gasteiger partial charge in [0.25, 0.3) is 0 Å². The maximum Gasteiger partial charge on any atom is 0.238 e. The van der Waals surface area contributed by atoms with Crippen LogP contribution in [-0.4, -0.2) is 42.6 Å². The zero-order valence-electron chi connectivity index (χ0n) is 12.1. The SMILES string of the molecule is CCC1COC(C)CN1CC(=O)Nc1ccc(N)cc1. The molecule has 1 aliphatic heterocycles. The first-order valence-corrected chi connectivity index (χ1v) is 7.09. The van der Waals surface area contributed by atoms with Crippen LogP contribution in [0.4, 0.5) is 11.4 Å². The molecule has 2 unspecified atom stereocenters. The van der Waals surface area contributed by atoms with E-state index in [1.807, 2.05) is 19.1 Å². The van der Waals surface area contributed by atoms with Crippen LogP contribution in [0.25, 0.3) is 0 Å². The molecule has 110 valence electrons. The van der Waals surface area contributed by atoms with Gasteiger partial charge in [-0.15, -0.1) is 0 Å². The number of anilines is 2. The van der Waals surface area contributed by atoms with Crippen LogP contribution in [0, 0.1) is 0 Å². The maximum absolute atomic E-state index is 12.1. The predicted molar refractivity (Wildman–Crippen MR) is 80.6 cm³/mol. The molecule has 0 radical (unpaired) electrons. The highest BCUT2D eigenvalue weighted by atomic mass is 16.5. The number of carbonyl (C=O) groups is 1. The zero-order valence-corrected chi connectivity index (χ0v) is 12.1. The second kappa shape index (κ2) is 6.72. The lowest BCUT2D eigenvalue weighted by atomic mass is 10.1. The maximum atomic E-state index is 12.1. The van der Waals surface area contributed by atoms with E-state index in [0.29, 0.717) is 24.9 Å². The van der Waals surface area contributed by atoms with Crippen molar-refractivity contribution in [3.05, 3.63) is 24.3 Å². The minimum atomic E-state index is 0.00215. The Kier molecular flexibility index (Phi) is 4.98. The summed E-state index contributed by atoms with van der Waals surface area (Å²) in [6, 6.07) is 7.50. The molecule has 1 aromatic rings. The Balaban J connectivity index is 1.90. The second-order valence-electron chi connectivity index (χ2n) is 5.31. The van der Waals surface area contributed by atoms with Crippen molar-refractivity contribution in [2.24, 2.45) is 0 Å². The quantitative estimate of drug-likeness (QED) is 0.822. The Bertz CT molecular complexity index is 447. The zero-order chi connectivity index (χ0) is 14.5. The number of rotatable bonds is 4. The van der Waals surface area contributed by atoms with Crippen LogP contribution in [-0.2, 0) is 9.53 Å². The molecule has 1 aliphatic rings. The van der Waals surface area contributed by atoms with E-state index in [9.17, 15) is 4.79 Å². The van der Waals surface area contributed by atoms with E-state index in [-0.39, 0.29) is 12.0 Å². The Hall–Kier alpha value is -1.59. The molecule has 0 saturated carbocycles. The Morgan fingerprint density at radius 2 is 2.15 bits per heavy atom. The molecular weight excluding hydrogens is 254 g/mol. The first kappa shape index (κ1) is 14.8. The molecule has 2 atom stereocenters. The van der Waals surface area contributed by atoms with Crippen molar-refractivity contribution in [1.29, 1.82) is 0 Å². The minimum Gasteiger partial charge on any atom is -0.399 e. The number of nitrogens with zero attached hydrogens (tertiary/aromatic N) is 1. The number of carbonyl (C=O) groups excluding carboxylic acids is 1. The predicted octanol–water partition coefficient (Wildman–Crippen LogP) is 1.71. The van der Waals surface area contributed by atoms with Gasteiger partial charge in [0.05, 0.1) is 19.3 Å². The fourth-order valence-corrected chi connectivity index (χ4v) is 2.43. The summed E-state index contributed by atoms with van der Waals surface area (Å²) in [5.74, 6) is 0.00215. The van der Waals surface area contributed by atoms with Crippen molar-refractivity contribution in [3.63, 3.8) is 0 Å². The van der Waals surface area contributed by atoms with Crippen molar-refractivity contribution in [2.75, 3.05) is 30.7 Å². The Labute approximate surface area is 120 Å². The van der Waals surface area contributed by atoms with Crippen LogP contribution in [0.3, 0.4) is 0 Å². The number of amides is 1. The summed E-state index contributed by atoms with van der Waals surface area (Å²) in [6.07, 6.45) is 1.17. The van der Waals surface area contributed by atoms with Crippen molar-refractivity contribution < 1.29 is 9.53 Å². The van der Waals surface area contributed by atoms with Crippen molar-refractivity contribution in [2.45, 2.75) is 32.4 Å². The highest BCUT2D eigenvalue weighted by Crippen LogP contribution is 2.15. The monoisotopic (exact) mass is 277 g/mol. The van der Waals surface area contributed by atoms with Gasteiger partial charge in [-0.3, -0.25) is 9.69 Å². The summed E-state index contributed by atoms with van der Waals surface area (Å²) in [5.41, 5.74) is 7.09. The molecule has 0 bridgehead atoms. The largest absolute Gasteiger partial charge is 0.399 e. The molecule has 1 fully saturated rings. The molecule has 0 aliphatic carbocycles. The van der Waals surface area contributed by atoms with Gasteiger partial charge >= 0.3 is 0 Å². The molecule has 5 nitrogen and oxygen atoms in total. The number of nitrogens with one attached hydrogen (secondary N) is 1. The topological polar surface area (TPSA) is 67.6 Å². The average molecular weight is 277 g/mol. The van der Waals surface area contributed by atoms with Crippen molar-refractivity contribution in [1.82, 2.24) is 4.90 Å². The summed E-state index contributed by atoms with van der Waals surface area (Å²) in [6.45, 7) is 6.06. The first-order chi connectivity index (χ1) is 9.58. The molecule has 1 aromatic carbocycles. The number of benzene rings is 1. The van der Waals surface area contributed by atoms with Crippen LogP contribution in [0.2, 0.25) is 0 Å². The first-order valence-electron chi connectivity index (χ1n) is 7.09. The van der Waals surface area contributed by atoms with Gasteiger partial charge in [-0.05, 0) is 37.6 Å². The number of hydrogen-bond acceptors (Lipinski definition) is 4. The van der Waals surface area contributed by atoms with Gasteiger partial charge in [0, 0.05) is 24.0 Å². The molecule has 2 rings (SSSR count). The number of morpholine rings is 1. The van der Waals surface area contributed by atoms with Crippen LogP contribution < -0.4 is 11.1 Å². The molecule has 20 heavy (non-hydrogen) atoms. The van der Waals surface area contributed by atoms with E-state index in [2.05, 4.69) is 17.1 Å². The third-order valence-electron chi connectivity index (χ3n) is 3.59. The number of ether oxygens (including phenoxy) is 1. The van der Waals surface area contributed by atoms with E-state index in [1.54, 1.807) is 12.1 Å². The number of nitrogens with two attached hydrogens (primary N) is 1. The fraction of sp³-hybridized carbons (Fsp3) is 0.533. The Morgan fingerprint density at radius 1 is 1.45 bits per heavy atom. The summed E-state index contributed by atoms with van der Waals surface area (Å²) in [5, 5.41) is 2.90. The van der Waals surface area contributed by atoms with E-state index in [4.69, 9.17) is 10.5 Å². The van der Waals surface area contributed by atoms with Crippen molar-refractivity contribution in [3.8, 4) is 0 Å². The number of nitrogen functional groups attached to an aromatic ring is 1. The Morgan fingerprint density at radius 3 is 2.80 bits per heavy atom. The normalized spacial score (nSPS) is 23.5. The molecule has 1 heterocycles. The number of hydrogen-bond donors (Lipinski definition) is 2. The van der Waals surface area contributed by atoms with Crippen LogP contribution in [0.5, 0.6) is 0 Å². The van der Waals surface area contributed by atoms with Gasteiger partial charge in [-0.2, -0.15) is 0 Å². The third kappa shape index (κ3) is 3.95. The highest BCUT2D eigenvalue weighted by Gasteiger charge is 2.26. The molecule has 5 heteroatoms. The minimum absolute atomic E-state index is 0.00215. The highest BCUT2D eigenvalue weighted by molar-refractivity contribution is 5.92. The lowest BCUT2D eigenvalue weighted by Crippen LogP contribution is -2.51.